The lowest BCUT2D eigenvalue weighted by Gasteiger charge is -2.10. The lowest BCUT2D eigenvalue weighted by atomic mass is 10.1. The van der Waals surface area contributed by atoms with Crippen LogP contribution in [0.25, 0.3) is 0 Å². The summed E-state index contributed by atoms with van der Waals surface area (Å²) in [6.45, 7) is 7.21. The maximum Gasteiger partial charge on any atom is 0.344 e. The van der Waals surface area contributed by atoms with Crippen LogP contribution in [-0.4, -0.2) is 25.9 Å². The molecule has 0 spiro atoms. The van der Waals surface area contributed by atoms with Gasteiger partial charge in [-0.3, -0.25) is 4.68 Å². The van der Waals surface area contributed by atoms with E-state index in [1.807, 2.05) is 13.8 Å². The van der Waals surface area contributed by atoms with Gasteiger partial charge in [-0.05, 0) is 19.8 Å². The number of rotatable bonds is 4. The molecule has 0 radical (unpaired) electrons. The van der Waals surface area contributed by atoms with E-state index >= 15 is 0 Å². The summed E-state index contributed by atoms with van der Waals surface area (Å²) in [7, 11) is 1.68. The molecule has 1 unspecified atom stereocenters. The number of carbonyl (C=O) groups is 1. The first kappa shape index (κ1) is 15.5. The van der Waals surface area contributed by atoms with E-state index in [1.165, 1.54) is 4.68 Å². The number of halogens is 1. The fraction of sp³-hybridized carbons (Fsp3) is 0.538. The quantitative estimate of drug-likeness (QED) is 0.807. The predicted octanol–water partition coefficient (Wildman–Crippen LogP) is 2.81. The van der Waals surface area contributed by atoms with Gasteiger partial charge in [0, 0.05) is 7.05 Å². The molecule has 0 bridgehead atoms. The Bertz CT molecular complexity index is 662. The highest BCUT2D eigenvalue weighted by Crippen LogP contribution is 2.27. The molecule has 0 N–H and O–H groups in total. The molecule has 2 rings (SSSR count). The van der Waals surface area contributed by atoms with Crippen LogP contribution >= 0.6 is 11.6 Å². The van der Waals surface area contributed by atoms with Crippen molar-refractivity contribution in [3.8, 4) is 0 Å². The minimum atomic E-state index is -0.657. The minimum Gasteiger partial charge on any atom is -0.449 e. The first-order valence-electron chi connectivity index (χ1n) is 6.54. The summed E-state index contributed by atoms with van der Waals surface area (Å²) in [6.07, 6.45) is -0.657. The number of carbonyl (C=O) groups excluding carboxylic acids is 1. The molecule has 21 heavy (non-hydrogen) atoms. The summed E-state index contributed by atoms with van der Waals surface area (Å²) in [4.78, 5) is 16.4. The lowest BCUT2D eigenvalue weighted by Crippen LogP contribution is -2.12. The third-order valence-electron chi connectivity index (χ3n) is 2.93. The zero-order chi connectivity index (χ0) is 15.7. The van der Waals surface area contributed by atoms with Gasteiger partial charge in [0.2, 0.25) is 0 Å². The molecular weight excluding hydrogens is 296 g/mol. The van der Waals surface area contributed by atoms with Gasteiger partial charge >= 0.3 is 5.97 Å². The molecule has 0 aliphatic rings. The molecule has 0 saturated heterocycles. The Morgan fingerprint density at radius 3 is 2.57 bits per heavy atom. The van der Waals surface area contributed by atoms with Crippen molar-refractivity contribution in [3.63, 3.8) is 0 Å². The van der Waals surface area contributed by atoms with Crippen LogP contribution < -0.4 is 0 Å². The Morgan fingerprint density at radius 2 is 2.05 bits per heavy atom. The van der Waals surface area contributed by atoms with Crippen molar-refractivity contribution < 1.29 is 14.1 Å². The van der Waals surface area contributed by atoms with Crippen molar-refractivity contribution >= 4 is 17.6 Å². The average Bonchev–Trinajstić information content (AvgIpc) is 2.95. The van der Waals surface area contributed by atoms with Crippen LogP contribution in [0.5, 0.6) is 0 Å². The second-order valence-electron chi connectivity index (χ2n) is 5.06. The van der Waals surface area contributed by atoms with Gasteiger partial charge in [0.1, 0.15) is 10.7 Å². The largest absolute Gasteiger partial charge is 0.449 e. The molecule has 0 aromatic carbocycles. The summed E-state index contributed by atoms with van der Waals surface area (Å²) < 4.78 is 11.8. The zero-order valence-corrected chi connectivity index (χ0v) is 13.3. The van der Waals surface area contributed by atoms with E-state index in [4.69, 9.17) is 20.9 Å². The number of aromatic nitrogens is 4. The van der Waals surface area contributed by atoms with Gasteiger partial charge in [-0.15, -0.1) is 0 Å². The number of ether oxygens (including phenoxy) is 1. The summed E-state index contributed by atoms with van der Waals surface area (Å²) in [5, 5.41) is 8.16. The molecule has 7 nitrogen and oxygen atoms in total. The van der Waals surface area contributed by atoms with E-state index in [9.17, 15) is 4.79 Å². The van der Waals surface area contributed by atoms with Crippen molar-refractivity contribution in [3.05, 3.63) is 28.1 Å². The van der Waals surface area contributed by atoms with E-state index in [1.54, 1.807) is 20.9 Å². The SMILES string of the molecule is Cc1noc(C(C)OC(=O)c2c(C(C)C)nn(C)c2Cl)n1. The van der Waals surface area contributed by atoms with Crippen molar-refractivity contribution in [1.82, 2.24) is 19.9 Å². The number of hydrogen-bond donors (Lipinski definition) is 0. The molecule has 0 aliphatic carbocycles. The summed E-state index contributed by atoms with van der Waals surface area (Å²) in [5.41, 5.74) is 0.874. The highest BCUT2D eigenvalue weighted by molar-refractivity contribution is 6.32. The van der Waals surface area contributed by atoms with Gasteiger partial charge in [0.15, 0.2) is 11.9 Å². The van der Waals surface area contributed by atoms with Gasteiger partial charge in [-0.25, -0.2) is 4.79 Å². The standard InChI is InChI=1S/C13H17ClN4O3/c1-6(2)10-9(11(14)18(5)16-10)13(19)20-7(3)12-15-8(4)17-21-12/h6-7H,1-5H3. The van der Waals surface area contributed by atoms with Gasteiger partial charge in [-0.1, -0.05) is 30.6 Å². The maximum atomic E-state index is 12.3. The van der Waals surface area contributed by atoms with Crippen LogP contribution in [0.4, 0.5) is 0 Å². The molecule has 8 heteroatoms. The lowest BCUT2D eigenvalue weighted by molar-refractivity contribution is 0.0264. The third kappa shape index (κ3) is 3.07. The van der Waals surface area contributed by atoms with Crippen molar-refractivity contribution in [2.75, 3.05) is 0 Å². The molecule has 1 atom stereocenters. The Morgan fingerprint density at radius 1 is 1.38 bits per heavy atom. The number of esters is 1. The normalized spacial score (nSPS) is 12.7. The number of aryl methyl sites for hydroxylation is 2. The van der Waals surface area contributed by atoms with E-state index in [2.05, 4.69) is 15.2 Å². The number of nitrogens with zero attached hydrogens (tertiary/aromatic N) is 4. The molecule has 0 fully saturated rings. The fourth-order valence-electron chi connectivity index (χ4n) is 1.86. The molecule has 114 valence electrons. The third-order valence-corrected chi connectivity index (χ3v) is 3.36. The second-order valence-corrected chi connectivity index (χ2v) is 5.41. The molecule has 2 aromatic heterocycles. The van der Waals surface area contributed by atoms with Crippen LogP contribution in [0.1, 0.15) is 60.6 Å². The van der Waals surface area contributed by atoms with E-state index in [0.29, 0.717) is 11.5 Å². The highest BCUT2D eigenvalue weighted by atomic mass is 35.5. The van der Waals surface area contributed by atoms with E-state index < -0.39 is 12.1 Å². The Kier molecular flexibility index (Phi) is 4.32. The topological polar surface area (TPSA) is 83.0 Å². The van der Waals surface area contributed by atoms with Crippen molar-refractivity contribution in [2.24, 2.45) is 7.05 Å². The Labute approximate surface area is 127 Å². The second kappa shape index (κ2) is 5.85. The maximum absolute atomic E-state index is 12.3. The molecule has 2 aromatic rings. The Hall–Kier alpha value is -1.89. The highest BCUT2D eigenvalue weighted by Gasteiger charge is 2.27. The van der Waals surface area contributed by atoms with E-state index in [-0.39, 0.29) is 22.5 Å². The van der Waals surface area contributed by atoms with Crippen LogP contribution in [-0.2, 0) is 11.8 Å². The van der Waals surface area contributed by atoms with Gasteiger partial charge in [-0.2, -0.15) is 10.1 Å². The average molecular weight is 313 g/mol. The zero-order valence-electron chi connectivity index (χ0n) is 12.5. The monoisotopic (exact) mass is 312 g/mol. The van der Waals surface area contributed by atoms with Crippen LogP contribution in [0.2, 0.25) is 5.15 Å². The first-order valence-corrected chi connectivity index (χ1v) is 6.92. The summed E-state index contributed by atoms with van der Waals surface area (Å²) >= 11 is 6.13. The first-order chi connectivity index (χ1) is 9.81. The van der Waals surface area contributed by atoms with Crippen LogP contribution in [0.3, 0.4) is 0 Å². The van der Waals surface area contributed by atoms with Crippen LogP contribution in [0.15, 0.2) is 4.52 Å². The van der Waals surface area contributed by atoms with Crippen molar-refractivity contribution in [1.29, 1.82) is 0 Å². The molecule has 0 aliphatic heterocycles. The summed E-state index contributed by atoms with van der Waals surface area (Å²) in [6, 6.07) is 0. The fourth-order valence-corrected chi connectivity index (χ4v) is 2.08. The molecular formula is C13H17ClN4O3. The Balaban J connectivity index is 2.24. The number of hydrogen-bond acceptors (Lipinski definition) is 6. The van der Waals surface area contributed by atoms with Gasteiger partial charge in [0.25, 0.3) is 5.89 Å². The van der Waals surface area contributed by atoms with Crippen molar-refractivity contribution in [2.45, 2.75) is 39.7 Å². The van der Waals surface area contributed by atoms with Gasteiger partial charge in [0.05, 0.1) is 5.69 Å². The minimum absolute atomic E-state index is 0.0483. The van der Waals surface area contributed by atoms with Crippen LogP contribution in [0, 0.1) is 6.92 Å². The molecule has 2 heterocycles. The molecule has 0 saturated carbocycles. The van der Waals surface area contributed by atoms with E-state index in [0.717, 1.165) is 0 Å². The predicted molar refractivity (Wildman–Crippen MR) is 75.2 cm³/mol. The van der Waals surface area contributed by atoms with Gasteiger partial charge < -0.3 is 9.26 Å². The summed E-state index contributed by atoms with van der Waals surface area (Å²) in [5.74, 6) is 0.217. The smallest absolute Gasteiger partial charge is 0.344 e. The molecule has 0 amide bonds.